The number of anilines is 1. The van der Waals surface area contributed by atoms with E-state index in [-0.39, 0.29) is 22.9 Å². The number of hydrogen-bond acceptors (Lipinski definition) is 6. The molecule has 3 heterocycles. The van der Waals surface area contributed by atoms with Crippen molar-refractivity contribution >= 4 is 27.4 Å². The van der Waals surface area contributed by atoms with Crippen LogP contribution in [-0.4, -0.2) is 32.6 Å². The average Bonchev–Trinajstić information content (AvgIpc) is 2.88. The molecule has 0 fully saturated rings. The van der Waals surface area contributed by atoms with Crippen LogP contribution < -0.4 is 10.6 Å². The predicted octanol–water partition coefficient (Wildman–Crippen LogP) is -0.380. The number of fused-ring (bicyclic) bond motifs is 3. The molecule has 1 amide bonds. The summed E-state index contributed by atoms with van der Waals surface area (Å²) in [5.74, 6) is -1.66. The molecule has 7 nitrogen and oxygen atoms in total. The van der Waals surface area contributed by atoms with E-state index >= 15 is 0 Å². The standard InChI is InChI=1S/C13H10N2O5S/c16-11-9-10(21(18,19)6-5-14-9)13(20-11)7-3-1-2-4-8(7)15-12(13)17/h1-4,14H,5-6H2,(H,15,17). The fourth-order valence-corrected chi connectivity index (χ4v) is 4.73. The molecule has 108 valence electrons. The van der Waals surface area contributed by atoms with Gasteiger partial charge in [0.15, 0.2) is 9.84 Å². The minimum absolute atomic E-state index is 0.121. The second-order valence-corrected chi connectivity index (χ2v) is 7.07. The number of amides is 1. The fourth-order valence-electron chi connectivity index (χ4n) is 3.00. The van der Waals surface area contributed by atoms with E-state index in [0.717, 1.165) is 0 Å². The second kappa shape index (κ2) is 3.64. The Hall–Kier alpha value is -2.35. The molecule has 1 atom stereocenters. The molecule has 1 spiro atoms. The number of benzene rings is 1. The second-order valence-electron chi connectivity index (χ2n) is 5.02. The van der Waals surface area contributed by atoms with Crippen LogP contribution in [0.15, 0.2) is 34.9 Å². The van der Waals surface area contributed by atoms with Gasteiger partial charge in [-0.1, -0.05) is 18.2 Å². The van der Waals surface area contributed by atoms with E-state index in [4.69, 9.17) is 4.74 Å². The van der Waals surface area contributed by atoms with Gasteiger partial charge in [-0.2, -0.15) is 0 Å². The Kier molecular flexibility index (Phi) is 2.15. The third-order valence-electron chi connectivity index (χ3n) is 3.85. The number of carbonyl (C=O) groups excluding carboxylic acids is 2. The number of ether oxygens (including phenoxy) is 1. The van der Waals surface area contributed by atoms with Crippen LogP contribution in [0.2, 0.25) is 0 Å². The van der Waals surface area contributed by atoms with Crippen LogP contribution in [-0.2, 0) is 29.8 Å². The fraction of sp³-hybridized carbons (Fsp3) is 0.231. The van der Waals surface area contributed by atoms with Crippen LogP contribution in [0.25, 0.3) is 0 Å². The van der Waals surface area contributed by atoms with Gasteiger partial charge in [-0.15, -0.1) is 0 Å². The predicted molar refractivity (Wildman–Crippen MR) is 71.7 cm³/mol. The largest absolute Gasteiger partial charge is 0.433 e. The minimum atomic E-state index is -3.75. The average molecular weight is 306 g/mol. The van der Waals surface area contributed by atoms with Crippen molar-refractivity contribution in [3.8, 4) is 0 Å². The molecule has 0 bridgehead atoms. The summed E-state index contributed by atoms with van der Waals surface area (Å²) in [7, 11) is -3.75. The van der Waals surface area contributed by atoms with Gasteiger partial charge in [0.2, 0.25) is 0 Å². The van der Waals surface area contributed by atoms with E-state index in [0.29, 0.717) is 11.3 Å². The summed E-state index contributed by atoms with van der Waals surface area (Å²) >= 11 is 0. The maximum absolute atomic E-state index is 12.4. The maximum atomic E-state index is 12.4. The molecule has 1 aromatic rings. The van der Waals surface area contributed by atoms with Crippen molar-refractivity contribution in [3.63, 3.8) is 0 Å². The van der Waals surface area contributed by atoms with E-state index in [1.807, 2.05) is 0 Å². The molecule has 1 unspecified atom stereocenters. The van der Waals surface area contributed by atoms with E-state index in [1.54, 1.807) is 24.3 Å². The molecule has 0 aromatic heterocycles. The zero-order valence-electron chi connectivity index (χ0n) is 10.7. The SMILES string of the molecule is O=C1OC2(C(=O)Nc3ccccc32)C2=C1NCCS2(=O)=O. The van der Waals surface area contributed by atoms with Gasteiger partial charge in [-0.05, 0) is 6.07 Å². The van der Waals surface area contributed by atoms with Crippen LogP contribution >= 0.6 is 0 Å². The highest BCUT2D eigenvalue weighted by Gasteiger charge is 2.63. The summed E-state index contributed by atoms with van der Waals surface area (Å²) in [5.41, 5.74) is -1.23. The zero-order chi connectivity index (χ0) is 14.8. The first-order valence-corrected chi connectivity index (χ1v) is 7.98. The third-order valence-corrected chi connectivity index (χ3v) is 5.71. The first kappa shape index (κ1) is 12.4. The number of esters is 1. The molecule has 3 aliphatic heterocycles. The lowest BCUT2D eigenvalue weighted by atomic mass is 9.95. The Morgan fingerprint density at radius 2 is 1.95 bits per heavy atom. The van der Waals surface area contributed by atoms with Gasteiger partial charge in [0.05, 0.1) is 5.75 Å². The number of carbonyl (C=O) groups is 2. The molecule has 4 rings (SSSR count). The molecular weight excluding hydrogens is 296 g/mol. The normalized spacial score (nSPS) is 28.8. The van der Waals surface area contributed by atoms with E-state index < -0.39 is 27.3 Å². The first-order valence-electron chi connectivity index (χ1n) is 6.32. The minimum Gasteiger partial charge on any atom is -0.433 e. The highest BCUT2D eigenvalue weighted by molar-refractivity contribution is 7.95. The van der Waals surface area contributed by atoms with Gasteiger partial charge in [-0.25, -0.2) is 13.2 Å². The van der Waals surface area contributed by atoms with Crippen LogP contribution in [0.4, 0.5) is 5.69 Å². The molecular formula is C13H10N2O5S. The number of hydrogen-bond donors (Lipinski definition) is 2. The van der Waals surface area contributed by atoms with Crippen LogP contribution in [0, 0.1) is 0 Å². The summed E-state index contributed by atoms with van der Waals surface area (Å²) in [5, 5.41) is 5.31. The molecule has 0 saturated heterocycles. The van der Waals surface area contributed by atoms with E-state index in [1.165, 1.54) is 0 Å². The Morgan fingerprint density at radius 3 is 2.76 bits per heavy atom. The summed E-state index contributed by atoms with van der Waals surface area (Å²) in [6.45, 7) is 0.121. The van der Waals surface area contributed by atoms with Crippen LogP contribution in [0.1, 0.15) is 5.56 Å². The summed E-state index contributed by atoms with van der Waals surface area (Å²) < 4.78 is 30.1. The van der Waals surface area contributed by atoms with Crippen LogP contribution in [0.3, 0.4) is 0 Å². The van der Waals surface area contributed by atoms with Crippen molar-refractivity contribution in [2.75, 3.05) is 17.6 Å². The Labute approximate surface area is 119 Å². The quantitative estimate of drug-likeness (QED) is 0.634. The topological polar surface area (TPSA) is 102 Å². The molecule has 8 heteroatoms. The number of nitrogens with one attached hydrogen (secondary N) is 2. The van der Waals surface area contributed by atoms with E-state index in [9.17, 15) is 18.0 Å². The van der Waals surface area contributed by atoms with Gasteiger partial charge in [0, 0.05) is 17.8 Å². The lowest BCUT2D eigenvalue weighted by Gasteiger charge is -2.25. The maximum Gasteiger partial charge on any atom is 0.357 e. The third kappa shape index (κ3) is 1.35. The van der Waals surface area contributed by atoms with Crippen molar-refractivity contribution in [2.45, 2.75) is 5.60 Å². The van der Waals surface area contributed by atoms with Gasteiger partial charge >= 0.3 is 5.97 Å². The molecule has 2 N–H and O–H groups in total. The molecule has 0 aliphatic carbocycles. The molecule has 3 aliphatic rings. The summed E-state index contributed by atoms with van der Waals surface area (Å²) in [4.78, 5) is 24.2. The Bertz CT molecular complexity index is 842. The van der Waals surface area contributed by atoms with Crippen molar-refractivity contribution in [3.05, 3.63) is 40.4 Å². The molecule has 1 aromatic carbocycles. The molecule has 21 heavy (non-hydrogen) atoms. The lowest BCUT2D eigenvalue weighted by Crippen LogP contribution is -2.42. The van der Waals surface area contributed by atoms with Gasteiger partial charge in [0.25, 0.3) is 11.5 Å². The monoisotopic (exact) mass is 306 g/mol. The van der Waals surface area contributed by atoms with Crippen molar-refractivity contribution in [1.29, 1.82) is 0 Å². The Balaban J connectivity index is 2.08. The summed E-state index contributed by atoms with van der Waals surface area (Å²) in [6.07, 6.45) is 0. The first-order chi connectivity index (χ1) is 9.97. The van der Waals surface area contributed by atoms with Crippen molar-refractivity contribution in [1.82, 2.24) is 5.32 Å². The molecule has 0 saturated carbocycles. The van der Waals surface area contributed by atoms with Crippen LogP contribution in [0.5, 0.6) is 0 Å². The number of sulfone groups is 1. The number of rotatable bonds is 0. The van der Waals surface area contributed by atoms with Gasteiger partial charge < -0.3 is 15.4 Å². The highest BCUT2D eigenvalue weighted by atomic mass is 32.2. The van der Waals surface area contributed by atoms with Gasteiger partial charge in [0.1, 0.15) is 10.6 Å². The number of para-hydroxylation sites is 1. The lowest BCUT2D eigenvalue weighted by molar-refractivity contribution is -0.154. The van der Waals surface area contributed by atoms with E-state index in [2.05, 4.69) is 10.6 Å². The van der Waals surface area contributed by atoms with Gasteiger partial charge in [-0.3, -0.25) is 4.79 Å². The van der Waals surface area contributed by atoms with Crippen molar-refractivity contribution in [2.24, 2.45) is 0 Å². The smallest absolute Gasteiger partial charge is 0.357 e. The zero-order valence-corrected chi connectivity index (χ0v) is 11.5. The summed E-state index contributed by atoms with van der Waals surface area (Å²) in [6, 6.07) is 6.59. The Morgan fingerprint density at radius 1 is 1.19 bits per heavy atom. The highest BCUT2D eigenvalue weighted by Crippen LogP contribution is 2.50. The molecule has 0 radical (unpaired) electrons. The van der Waals surface area contributed by atoms with Crippen molar-refractivity contribution < 1.29 is 22.7 Å².